The zero-order valence-electron chi connectivity index (χ0n) is 20.8. The number of hydrogen-bond acceptors (Lipinski definition) is 4. The molecule has 4 aromatic rings. The van der Waals surface area contributed by atoms with E-state index in [1.807, 2.05) is 38.2 Å². The fourth-order valence-electron chi connectivity index (χ4n) is 5.08. The first-order valence-electron chi connectivity index (χ1n) is 12.3. The highest BCUT2D eigenvalue weighted by Gasteiger charge is 2.34. The first kappa shape index (κ1) is 23.5. The Hall–Kier alpha value is -3.25. The molecule has 0 spiro atoms. The number of ether oxygens (including phenoxy) is 2. The average molecular weight is 489 g/mol. The van der Waals surface area contributed by atoms with Crippen LogP contribution >= 0.6 is 11.3 Å². The second-order valence-electron chi connectivity index (χ2n) is 9.28. The lowest BCUT2D eigenvalue weighted by Gasteiger charge is -2.36. The zero-order valence-corrected chi connectivity index (χ0v) is 21.6. The van der Waals surface area contributed by atoms with Gasteiger partial charge in [-0.15, -0.1) is 11.3 Å². The minimum atomic E-state index is -0.0183. The van der Waals surface area contributed by atoms with Crippen LogP contribution in [0.2, 0.25) is 0 Å². The number of benzene rings is 2. The smallest absolute Gasteiger partial charge is 0.256 e. The molecule has 0 saturated carbocycles. The number of aryl methyl sites for hydroxylation is 1. The van der Waals surface area contributed by atoms with Crippen molar-refractivity contribution in [1.82, 2.24) is 9.47 Å². The summed E-state index contributed by atoms with van der Waals surface area (Å²) in [7, 11) is 1.66. The van der Waals surface area contributed by atoms with E-state index in [-0.39, 0.29) is 18.1 Å². The fraction of sp³-hybridized carbons (Fsp3) is 0.345. The number of nitrogens with zero attached hydrogens (tertiary/aromatic N) is 2. The van der Waals surface area contributed by atoms with E-state index < -0.39 is 0 Å². The largest absolute Gasteiger partial charge is 0.493 e. The van der Waals surface area contributed by atoms with Gasteiger partial charge in [0.25, 0.3) is 5.91 Å². The number of rotatable bonds is 7. The molecule has 35 heavy (non-hydrogen) atoms. The normalized spacial score (nSPS) is 15.5. The zero-order chi connectivity index (χ0) is 24.5. The summed E-state index contributed by atoms with van der Waals surface area (Å²) in [6.45, 7) is 7.68. The molecule has 0 bridgehead atoms. The number of carbonyl (C=O) groups excluding carboxylic acids is 1. The summed E-state index contributed by atoms with van der Waals surface area (Å²) in [5, 5.41) is 3.17. The maximum absolute atomic E-state index is 14.1. The van der Waals surface area contributed by atoms with E-state index in [0.29, 0.717) is 6.54 Å². The summed E-state index contributed by atoms with van der Waals surface area (Å²) in [4.78, 5) is 17.4. The van der Waals surface area contributed by atoms with E-state index in [9.17, 15) is 4.79 Å². The molecule has 1 aliphatic heterocycles. The van der Waals surface area contributed by atoms with Crippen LogP contribution in [-0.4, -0.2) is 35.1 Å². The first-order valence-corrected chi connectivity index (χ1v) is 13.2. The summed E-state index contributed by atoms with van der Waals surface area (Å²) in [6.07, 6.45) is 3.68. The van der Waals surface area contributed by atoms with Gasteiger partial charge in [0.1, 0.15) is 0 Å². The molecule has 0 N–H and O–H groups in total. The molecule has 0 fully saturated rings. The van der Waals surface area contributed by atoms with Crippen LogP contribution in [-0.2, 0) is 19.4 Å². The van der Waals surface area contributed by atoms with Gasteiger partial charge in [0.2, 0.25) is 0 Å². The van der Waals surface area contributed by atoms with Gasteiger partial charge >= 0.3 is 0 Å². The SMILES string of the molecule is CCn1cc(C(=O)N2CCc3ccsc3C2Cc2ccc(OC)c(OC(C)C)c2)c2ccccc21. The second kappa shape index (κ2) is 9.78. The molecule has 3 heterocycles. The van der Waals surface area contributed by atoms with Crippen molar-refractivity contribution in [3.05, 3.63) is 81.7 Å². The monoisotopic (exact) mass is 488 g/mol. The van der Waals surface area contributed by atoms with Crippen molar-refractivity contribution in [3.8, 4) is 11.5 Å². The molecule has 6 heteroatoms. The minimum absolute atomic E-state index is 0.0183. The molecular weight excluding hydrogens is 456 g/mol. The van der Waals surface area contributed by atoms with Gasteiger partial charge in [0.05, 0.1) is 24.8 Å². The van der Waals surface area contributed by atoms with E-state index >= 15 is 0 Å². The highest BCUT2D eigenvalue weighted by molar-refractivity contribution is 7.10. The van der Waals surface area contributed by atoms with Gasteiger partial charge in [-0.25, -0.2) is 0 Å². The molecule has 1 amide bonds. The summed E-state index contributed by atoms with van der Waals surface area (Å²) in [5.74, 6) is 1.57. The summed E-state index contributed by atoms with van der Waals surface area (Å²) in [6, 6.07) is 16.5. The van der Waals surface area contributed by atoms with Crippen LogP contribution in [0, 0.1) is 0 Å². The van der Waals surface area contributed by atoms with Crippen LogP contribution < -0.4 is 9.47 Å². The summed E-state index contributed by atoms with van der Waals surface area (Å²) < 4.78 is 13.7. The fourth-order valence-corrected chi connectivity index (χ4v) is 6.15. The van der Waals surface area contributed by atoms with Crippen molar-refractivity contribution in [1.29, 1.82) is 0 Å². The van der Waals surface area contributed by atoms with Crippen LogP contribution in [0.1, 0.15) is 53.2 Å². The predicted molar refractivity (Wildman–Crippen MR) is 142 cm³/mol. The molecular formula is C29H32N2O3S. The van der Waals surface area contributed by atoms with Crippen LogP contribution in [0.4, 0.5) is 0 Å². The van der Waals surface area contributed by atoms with Crippen molar-refractivity contribution < 1.29 is 14.3 Å². The first-order chi connectivity index (χ1) is 17.0. The van der Waals surface area contributed by atoms with Crippen LogP contribution in [0.15, 0.2) is 60.1 Å². The van der Waals surface area contributed by atoms with Crippen molar-refractivity contribution in [3.63, 3.8) is 0 Å². The lowest BCUT2D eigenvalue weighted by atomic mass is 9.94. The van der Waals surface area contributed by atoms with E-state index in [2.05, 4.69) is 52.1 Å². The highest BCUT2D eigenvalue weighted by atomic mass is 32.1. The molecule has 5 nitrogen and oxygen atoms in total. The second-order valence-corrected chi connectivity index (χ2v) is 10.2. The predicted octanol–water partition coefficient (Wildman–Crippen LogP) is 6.50. The summed E-state index contributed by atoms with van der Waals surface area (Å²) >= 11 is 1.75. The quantitative estimate of drug-likeness (QED) is 0.298. The Morgan fingerprint density at radius 2 is 1.97 bits per heavy atom. The summed E-state index contributed by atoms with van der Waals surface area (Å²) in [5.41, 5.74) is 4.37. The van der Waals surface area contributed by atoms with Crippen LogP contribution in [0.5, 0.6) is 11.5 Å². The van der Waals surface area contributed by atoms with E-state index in [1.165, 1.54) is 10.4 Å². The maximum atomic E-state index is 14.1. The number of fused-ring (bicyclic) bond motifs is 2. The van der Waals surface area contributed by atoms with Gasteiger partial charge in [-0.05, 0) is 74.4 Å². The minimum Gasteiger partial charge on any atom is -0.493 e. The molecule has 0 saturated heterocycles. The lowest BCUT2D eigenvalue weighted by Crippen LogP contribution is -2.40. The Balaban J connectivity index is 1.52. The van der Waals surface area contributed by atoms with Gasteiger partial charge in [0.15, 0.2) is 11.5 Å². The van der Waals surface area contributed by atoms with Crippen molar-refractivity contribution in [2.75, 3.05) is 13.7 Å². The Kier molecular flexibility index (Phi) is 6.56. The van der Waals surface area contributed by atoms with Crippen LogP contribution in [0.25, 0.3) is 10.9 Å². The third-order valence-corrected chi connectivity index (χ3v) is 7.78. The number of hydrogen-bond donors (Lipinski definition) is 0. The molecule has 0 radical (unpaired) electrons. The number of amides is 1. The van der Waals surface area contributed by atoms with Gasteiger partial charge in [-0.2, -0.15) is 0 Å². The number of methoxy groups -OCH3 is 1. The third kappa shape index (κ3) is 4.43. The van der Waals surface area contributed by atoms with E-state index in [1.54, 1.807) is 18.4 Å². The molecule has 2 aromatic heterocycles. The molecule has 2 aromatic carbocycles. The van der Waals surface area contributed by atoms with Crippen molar-refractivity contribution >= 4 is 28.1 Å². The lowest BCUT2D eigenvalue weighted by molar-refractivity contribution is 0.0666. The highest BCUT2D eigenvalue weighted by Crippen LogP contribution is 2.39. The van der Waals surface area contributed by atoms with Crippen molar-refractivity contribution in [2.45, 2.75) is 52.3 Å². The van der Waals surface area contributed by atoms with Gasteiger partial charge in [0, 0.05) is 35.1 Å². The van der Waals surface area contributed by atoms with Gasteiger partial charge in [-0.3, -0.25) is 4.79 Å². The Bertz CT molecular complexity index is 1350. The average Bonchev–Trinajstić information content (AvgIpc) is 3.49. The number of para-hydroxylation sites is 1. The Morgan fingerprint density at radius 1 is 1.14 bits per heavy atom. The van der Waals surface area contributed by atoms with E-state index in [0.717, 1.165) is 52.9 Å². The van der Waals surface area contributed by atoms with Crippen molar-refractivity contribution in [2.24, 2.45) is 0 Å². The van der Waals surface area contributed by atoms with E-state index in [4.69, 9.17) is 9.47 Å². The third-order valence-electron chi connectivity index (χ3n) is 6.72. The molecule has 1 aliphatic rings. The molecule has 1 unspecified atom stereocenters. The van der Waals surface area contributed by atoms with Crippen LogP contribution in [0.3, 0.4) is 0 Å². The molecule has 1 atom stereocenters. The van der Waals surface area contributed by atoms with Gasteiger partial charge in [-0.1, -0.05) is 24.3 Å². The standard InChI is InChI=1S/C29H32N2O3S/c1-5-30-18-23(22-8-6-7-9-24(22)30)29(32)31-14-12-21-13-15-35-28(21)25(31)16-20-10-11-26(33-4)27(17-20)34-19(2)3/h6-11,13,15,17-19,25H,5,12,14,16H2,1-4H3. The molecule has 5 rings (SSSR count). The Labute approximate surface area is 210 Å². The number of carbonyl (C=O) groups is 1. The maximum Gasteiger partial charge on any atom is 0.256 e. The number of thiophene rings is 1. The molecule has 182 valence electrons. The Morgan fingerprint density at radius 3 is 2.74 bits per heavy atom. The molecule has 0 aliphatic carbocycles. The number of aromatic nitrogens is 1. The topological polar surface area (TPSA) is 43.7 Å². The van der Waals surface area contributed by atoms with Gasteiger partial charge < -0.3 is 18.9 Å².